The van der Waals surface area contributed by atoms with Crippen molar-refractivity contribution in [1.29, 1.82) is 0 Å². The van der Waals surface area contributed by atoms with Gasteiger partial charge in [-0.1, -0.05) is 12.1 Å². The van der Waals surface area contributed by atoms with Gasteiger partial charge in [0.1, 0.15) is 5.82 Å². The van der Waals surface area contributed by atoms with Crippen LogP contribution in [-0.2, 0) is 24.3 Å². The number of carbonyl (C=O) groups is 1. The summed E-state index contributed by atoms with van der Waals surface area (Å²) in [5, 5.41) is 0.631. The Balaban J connectivity index is 1.51. The summed E-state index contributed by atoms with van der Waals surface area (Å²) in [4.78, 5) is 35.6. The van der Waals surface area contributed by atoms with E-state index >= 15 is 0 Å². The summed E-state index contributed by atoms with van der Waals surface area (Å²) in [5.74, 6) is 0.854. The molecule has 0 aliphatic carbocycles. The second-order valence-electron chi connectivity index (χ2n) is 6.18. The van der Waals surface area contributed by atoms with Crippen molar-refractivity contribution in [2.24, 2.45) is 0 Å². The van der Waals surface area contributed by atoms with Crippen LogP contribution in [0.3, 0.4) is 0 Å². The lowest BCUT2D eigenvalue weighted by Crippen LogP contribution is -2.34. The maximum atomic E-state index is 12.7. The number of aromatic nitrogens is 4. The number of hydrogen-bond acceptors (Lipinski definition) is 4. The molecule has 25 heavy (non-hydrogen) atoms. The SMILES string of the molecule is O=C(CCn1ccnc1)N1CCc2nc3ccccc3c(=O)n2CC1. The number of carbonyl (C=O) groups excluding carboxylic acids is 1. The Morgan fingerprint density at radius 1 is 1.16 bits per heavy atom. The van der Waals surface area contributed by atoms with Gasteiger partial charge >= 0.3 is 0 Å². The van der Waals surface area contributed by atoms with E-state index in [-0.39, 0.29) is 11.5 Å². The monoisotopic (exact) mass is 337 g/mol. The second kappa shape index (κ2) is 6.51. The van der Waals surface area contributed by atoms with Crippen molar-refractivity contribution in [2.45, 2.75) is 25.9 Å². The molecular weight excluding hydrogens is 318 g/mol. The third-order valence-corrected chi connectivity index (χ3v) is 4.64. The van der Waals surface area contributed by atoms with Crippen LogP contribution in [-0.4, -0.2) is 43.0 Å². The van der Waals surface area contributed by atoms with E-state index in [1.54, 1.807) is 23.2 Å². The molecule has 7 heteroatoms. The predicted molar refractivity (Wildman–Crippen MR) is 93.1 cm³/mol. The van der Waals surface area contributed by atoms with Crippen LogP contribution >= 0.6 is 0 Å². The summed E-state index contributed by atoms with van der Waals surface area (Å²) in [5.41, 5.74) is 0.701. The van der Waals surface area contributed by atoms with Crippen molar-refractivity contribution in [2.75, 3.05) is 13.1 Å². The summed E-state index contributed by atoms with van der Waals surface area (Å²) in [6.45, 7) is 2.23. The Morgan fingerprint density at radius 3 is 2.88 bits per heavy atom. The standard InChI is InChI=1S/C18H19N5O2/c24-17(6-8-21-10-7-19-13-21)22-9-5-16-20-15-4-2-1-3-14(15)18(25)23(16)12-11-22/h1-4,7,10,13H,5-6,8-9,11-12H2. The number of fused-ring (bicyclic) bond motifs is 2. The van der Waals surface area contributed by atoms with E-state index in [1.165, 1.54) is 0 Å². The third kappa shape index (κ3) is 3.05. The zero-order chi connectivity index (χ0) is 17.2. The molecule has 0 saturated carbocycles. The van der Waals surface area contributed by atoms with Crippen molar-refractivity contribution >= 4 is 16.8 Å². The van der Waals surface area contributed by atoms with Gasteiger partial charge in [-0.15, -0.1) is 0 Å². The molecule has 2 aromatic heterocycles. The van der Waals surface area contributed by atoms with Crippen LogP contribution in [0.4, 0.5) is 0 Å². The molecule has 1 amide bonds. The normalized spacial score (nSPS) is 14.3. The molecule has 4 rings (SSSR count). The Morgan fingerprint density at radius 2 is 2.04 bits per heavy atom. The lowest BCUT2D eigenvalue weighted by Gasteiger charge is -2.19. The molecule has 0 bridgehead atoms. The topological polar surface area (TPSA) is 73.0 Å². The van der Waals surface area contributed by atoms with E-state index in [0.29, 0.717) is 44.4 Å². The smallest absolute Gasteiger partial charge is 0.261 e. The van der Waals surface area contributed by atoms with Gasteiger partial charge < -0.3 is 9.47 Å². The Bertz CT molecular complexity index is 961. The number of hydrogen-bond donors (Lipinski definition) is 0. The molecule has 0 spiro atoms. The number of amides is 1. The van der Waals surface area contributed by atoms with Crippen LogP contribution in [0.15, 0.2) is 47.8 Å². The van der Waals surface area contributed by atoms with Crippen molar-refractivity contribution in [3.63, 3.8) is 0 Å². The predicted octanol–water partition coefficient (Wildman–Crippen LogP) is 1.07. The van der Waals surface area contributed by atoms with Crippen molar-refractivity contribution in [3.05, 3.63) is 59.2 Å². The van der Waals surface area contributed by atoms with E-state index in [1.807, 2.05) is 33.9 Å². The van der Waals surface area contributed by atoms with E-state index in [2.05, 4.69) is 9.97 Å². The van der Waals surface area contributed by atoms with Crippen LogP contribution < -0.4 is 5.56 Å². The number of imidazole rings is 1. The fourth-order valence-electron chi connectivity index (χ4n) is 3.25. The van der Waals surface area contributed by atoms with E-state index < -0.39 is 0 Å². The van der Waals surface area contributed by atoms with Crippen molar-refractivity contribution in [3.8, 4) is 0 Å². The zero-order valence-electron chi connectivity index (χ0n) is 13.8. The average molecular weight is 337 g/mol. The minimum atomic E-state index is -0.0201. The molecule has 1 aliphatic rings. The lowest BCUT2D eigenvalue weighted by atomic mass is 10.2. The highest BCUT2D eigenvalue weighted by Crippen LogP contribution is 2.12. The number of para-hydroxylation sites is 1. The first-order valence-electron chi connectivity index (χ1n) is 8.44. The number of aryl methyl sites for hydroxylation is 1. The van der Waals surface area contributed by atoms with Gasteiger partial charge in [0.2, 0.25) is 5.91 Å². The Labute approximate surface area is 144 Å². The second-order valence-corrected chi connectivity index (χ2v) is 6.18. The molecule has 7 nitrogen and oxygen atoms in total. The van der Waals surface area contributed by atoms with E-state index in [0.717, 1.165) is 11.3 Å². The minimum Gasteiger partial charge on any atom is -0.340 e. The van der Waals surface area contributed by atoms with Gasteiger partial charge in [-0.05, 0) is 12.1 Å². The van der Waals surface area contributed by atoms with Crippen molar-refractivity contribution < 1.29 is 4.79 Å². The Kier molecular flexibility index (Phi) is 4.05. The molecule has 0 radical (unpaired) electrons. The molecular formula is C18H19N5O2. The maximum Gasteiger partial charge on any atom is 0.261 e. The molecule has 0 atom stereocenters. The third-order valence-electron chi connectivity index (χ3n) is 4.64. The van der Waals surface area contributed by atoms with E-state index in [4.69, 9.17) is 0 Å². The first kappa shape index (κ1) is 15.6. The molecule has 3 heterocycles. The fraction of sp³-hybridized carbons (Fsp3) is 0.333. The van der Waals surface area contributed by atoms with Gasteiger partial charge in [0.05, 0.1) is 17.2 Å². The highest BCUT2D eigenvalue weighted by molar-refractivity contribution is 5.78. The molecule has 0 fully saturated rings. The number of nitrogens with zero attached hydrogens (tertiary/aromatic N) is 5. The first-order chi connectivity index (χ1) is 12.2. The molecule has 0 N–H and O–H groups in total. The molecule has 0 unspecified atom stereocenters. The largest absolute Gasteiger partial charge is 0.340 e. The zero-order valence-corrected chi connectivity index (χ0v) is 13.8. The summed E-state index contributed by atoms with van der Waals surface area (Å²) < 4.78 is 3.61. The highest BCUT2D eigenvalue weighted by atomic mass is 16.2. The molecule has 3 aromatic rings. The van der Waals surface area contributed by atoms with Gasteiger partial charge in [0, 0.05) is 51.4 Å². The van der Waals surface area contributed by atoms with Gasteiger partial charge in [-0.2, -0.15) is 0 Å². The fourth-order valence-corrected chi connectivity index (χ4v) is 3.25. The number of rotatable bonds is 3. The number of benzene rings is 1. The highest BCUT2D eigenvalue weighted by Gasteiger charge is 2.20. The minimum absolute atomic E-state index is 0.0201. The molecule has 1 aromatic carbocycles. The maximum absolute atomic E-state index is 12.7. The quantitative estimate of drug-likeness (QED) is 0.717. The molecule has 128 valence electrons. The van der Waals surface area contributed by atoms with Crippen LogP contribution in [0.25, 0.3) is 10.9 Å². The summed E-state index contributed by atoms with van der Waals surface area (Å²) in [6, 6.07) is 7.39. The van der Waals surface area contributed by atoms with Crippen LogP contribution in [0.5, 0.6) is 0 Å². The van der Waals surface area contributed by atoms with Crippen LogP contribution in [0.1, 0.15) is 12.2 Å². The van der Waals surface area contributed by atoms with Gasteiger partial charge in [-0.25, -0.2) is 9.97 Å². The lowest BCUT2D eigenvalue weighted by molar-refractivity contribution is -0.131. The van der Waals surface area contributed by atoms with Crippen LogP contribution in [0.2, 0.25) is 0 Å². The first-order valence-corrected chi connectivity index (χ1v) is 8.44. The van der Waals surface area contributed by atoms with Gasteiger partial charge in [0.25, 0.3) is 5.56 Å². The van der Waals surface area contributed by atoms with Gasteiger partial charge in [0.15, 0.2) is 0 Å². The summed E-state index contributed by atoms with van der Waals surface area (Å²) in [7, 11) is 0. The summed E-state index contributed by atoms with van der Waals surface area (Å²) >= 11 is 0. The summed E-state index contributed by atoms with van der Waals surface area (Å²) in [6.07, 6.45) is 6.28. The molecule has 1 aliphatic heterocycles. The Hall–Kier alpha value is -2.96. The van der Waals surface area contributed by atoms with E-state index in [9.17, 15) is 9.59 Å². The van der Waals surface area contributed by atoms with Gasteiger partial charge in [-0.3, -0.25) is 14.2 Å². The average Bonchev–Trinajstić information content (AvgIpc) is 3.06. The van der Waals surface area contributed by atoms with Crippen molar-refractivity contribution in [1.82, 2.24) is 24.0 Å². The molecule has 0 saturated heterocycles. The van der Waals surface area contributed by atoms with Crippen LogP contribution in [0, 0.1) is 0 Å².